The quantitative estimate of drug-likeness (QED) is 0.635. The molecule has 0 spiro atoms. The van der Waals surface area contributed by atoms with E-state index in [0.29, 0.717) is 26.1 Å². The molecule has 0 N–H and O–H groups in total. The Morgan fingerprint density at radius 3 is 2.61 bits per heavy atom. The van der Waals surface area contributed by atoms with E-state index < -0.39 is 17.9 Å². The van der Waals surface area contributed by atoms with Crippen molar-refractivity contribution in [3.05, 3.63) is 48.5 Å². The van der Waals surface area contributed by atoms with Gasteiger partial charge in [0.1, 0.15) is 24.1 Å². The first-order valence-corrected chi connectivity index (χ1v) is 11.5. The maximum absolute atomic E-state index is 15.2. The van der Waals surface area contributed by atoms with Crippen molar-refractivity contribution in [2.45, 2.75) is 54.8 Å². The molecule has 0 aromatic heterocycles. The Bertz CT molecular complexity index is 919. The van der Waals surface area contributed by atoms with E-state index in [4.69, 9.17) is 9.47 Å². The molecule has 7 heteroatoms. The van der Waals surface area contributed by atoms with E-state index in [1.807, 2.05) is 51.1 Å². The smallest absolute Gasteiger partial charge is 0.410 e. The number of halogens is 1. The Morgan fingerprint density at radius 2 is 1.90 bits per heavy atom. The zero-order valence-electron chi connectivity index (χ0n) is 18.2. The van der Waals surface area contributed by atoms with Crippen LogP contribution in [0.5, 0.6) is 5.75 Å². The second-order valence-corrected chi connectivity index (χ2v) is 10.0. The van der Waals surface area contributed by atoms with Gasteiger partial charge in [0.25, 0.3) is 0 Å². The van der Waals surface area contributed by atoms with E-state index in [1.54, 1.807) is 11.8 Å². The maximum Gasteiger partial charge on any atom is 0.410 e. The first-order chi connectivity index (χ1) is 14.8. The van der Waals surface area contributed by atoms with Crippen molar-refractivity contribution >= 4 is 23.5 Å². The lowest BCUT2D eigenvalue weighted by molar-refractivity contribution is 0.0108. The van der Waals surface area contributed by atoms with E-state index in [-0.39, 0.29) is 12.6 Å². The molecule has 2 aromatic rings. The van der Waals surface area contributed by atoms with Crippen LogP contribution in [0.4, 0.5) is 14.9 Å². The summed E-state index contributed by atoms with van der Waals surface area (Å²) >= 11 is 1.68. The van der Waals surface area contributed by atoms with Gasteiger partial charge in [-0.2, -0.15) is 0 Å². The molecule has 2 aliphatic heterocycles. The summed E-state index contributed by atoms with van der Waals surface area (Å²) in [4.78, 5) is 18.2. The third-order valence-corrected chi connectivity index (χ3v) is 6.37. The van der Waals surface area contributed by atoms with E-state index >= 15 is 4.39 Å². The summed E-state index contributed by atoms with van der Waals surface area (Å²) in [7, 11) is 0. The van der Waals surface area contributed by atoms with Crippen LogP contribution in [0.15, 0.2) is 58.3 Å². The zero-order valence-corrected chi connectivity index (χ0v) is 19.0. The van der Waals surface area contributed by atoms with Crippen LogP contribution in [0.2, 0.25) is 0 Å². The predicted octanol–water partition coefficient (Wildman–Crippen LogP) is 5.38. The number of benzene rings is 2. The van der Waals surface area contributed by atoms with Crippen LogP contribution < -0.4 is 9.64 Å². The number of alkyl halides is 1. The molecule has 0 saturated carbocycles. The average Bonchev–Trinajstić information content (AvgIpc) is 2.73. The molecule has 1 amide bonds. The van der Waals surface area contributed by atoms with Gasteiger partial charge in [0.2, 0.25) is 0 Å². The number of amides is 1. The number of rotatable bonds is 3. The summed E-state index contributed by atoms with van der Waals surface area (Å²) in [5.74, 6) is 0.786. The van der Waals surface area contributed by atoms with Gasteiger partial charge in [0.05, 0.1) is 24.8 Å². The Hall–Kier alpha value is -2.41. The molecule has 0 aliphatic carbocycles. The highest BCUT2D eigenvalue weighted by molar-refractivity contribution is 7.99. The van der Waals surface area contributed by atoms with E-state index in [1.165, 1.54) is 4.90 Å². The number of ether oxygens (including phenoxy) is 2. The Kier molecular flexibility index (Phi) is 6.32. The Morgan fingerprint density at radius 1 is 1.13 bits per heavy atom. The highest BCUT2D eigenvalue weighted by atomic mass is 32.2. The number of hydrogen-bond acceptors (Lipinski definition) is 5. The zero-order chi connectivity index (χ0) is 22.0. The fraction of sp³-hybridized carbons (Fsp3) is 0.458. The van der Waals surface area contributed by atoms with E-state index in [9.17, 15) is 4.79 Å². The molecule has 2 heterocycles. The minimum atomic E-state index is -1.15. The van der Waals surface area contributed by atoms with Gasteiger partial charge in [-0.05, 0) is 57.5 Å². The highest BCUT2D eigenvalue weighted by Crippen LogP contribution is 2.40. The monoisotopic (exact) mass is 444 g/mol. The standard InChI is InChI=1S/C24H29FN2O3S/c1-24(2,3)30-23(28)26-12-11-20(19(25)16-26)27-13-14-29-22-15-18(9-10-21(22)27)31-17-7-5-4-6-8-17/h4-10,15,19-20H,11-14,16H2,1-3H3. The van der Waals surface area contributed by atoms with Crippen molar-refractivity contribution < 1.29 is 18.7 Å². The van der Waals surface area contributed by atoms with Gasteiger partial charge in [-0.3, -0.25) is 0 Å². The molecule has 4 rings (SSSR count). The van der Waals surface area contributed by atoms with Gasteiger partial charge in [-0.15, -0.1) is 0 Å². The number of hydrogen-bond donors (Lipinski definition) is 0. The van der Waals surface area contributed by atoms with Crippen LogP contribution in [0.3, 0.4) is 0 Å². The number of piperidine rings is 1. The first-order valence-electron chi connectivity index (χ1n) is 10.7. The van der Waals surface area contributed by atoms with Crippen LogP contribution in [0, 0.1) is 0 Å². The van der Waals surface area contributed by atoms with E-state index in [2.05, 4.69) is 23.1 Å². The molecule has 1 saturated heterocycles. The number of anilines is 1. The lowest BCUT2D eigenvalue weighted by Gasteiger charge is -2.43. The molecule has 2 aromatic carbocycles. The number of carbonyl (C=O) groups excluding carboxylic acids is 1. The normalized spacial score (nSPS) is 21.3. The lowest BCUT2D eigenvalue weighted by atomic mass is 10.00. The number of likely N-dealkylation sites (tertiary alicyclic amines) is 1. The molecular formula is C24H29FN2O3S. The molecule has 0 bridgehead atoms. The SMILES string of the molecule is CC(C)(C)OC(=O)N1CCC(N2CCOc3cc(Sc4ccccc4)ccc32)C(F)C1. The summed E-state index contributed by atoms with van der Waals surface area (Å²) in [6, 6.07) is 16.0. The minimum Gasteiger partial charge on any atom is -0.490 e. The molecule has 2 unspecified atom stereocenters. The van der Waals surface area contributed by atoms with Gasteiger partial charge in [0, 0.05) is 16.3 Å². The van der Waals surface area contributed by atoms with Crippen LogP contribution >= 0.6 is 11.8 Å². The number of carbonyl (C=O) groups is 1. The molecule has 2 aliphatic rings. The van der Waals surface area contributed by atoms with E-state index in [0.717, 1.165) is 21.2 Å². The maximum atomic E-state index is 15.2. The molecule has 31 heavy (non-hydrogen) atoms. The number of nitrogens with zero attached hydrogens (tertiary/aromatic N) is 2. The fourth-order valence-corrected chi connectivity index (χ4v) is 4.86. The Labute approximate surface area is 187 Å². The van der Waals surface area contributed by atoms with Gasteiger partial charge in [-0.25, -0.2) is 9.18 Å². The second-order valence-electron chi connectivity index (χ2n) is 8.88. The van der Waals surface area contributed by atoms with Gasteiger partial charge in [0.15, 0.2) is 0 Å². The Balaban J connectivity index is 1.45. The van der Waals surface area contributed by atoms with Crippen LogP contribution in [-0.4, -0.2) is 55.0 Å². The first kappa shape index (κ1) is 21.8. The predicted molar refractivity (Wildman–Crippen MR) is 121 cm³/mol. The second kappa shape index (κ2) is 8.99. The van der Waals surface area contributed by atoms with Crippen LogP contribution in [-0.2, 0) is 4.74 Å². The minimum absolute atomic E-state index is 0.0498. The molecule has 166 valence electrons. The van der Waals surface area contributed by atoms with Crippen molar-refractivity contribution in [1.29, 1.82) is 0 Å². The van der Waals surface area contributed by atoms with Crippen molar-refractivity contribution in [2.24, 2.45) is 0 Å². The molecule has 2 atom stereocenters. The van der Waals surface area contributed by atoms with Crippen molar-refractivity contribution in [2.75, 3.05) is 31.1 Å². The summed E-state index contributed by atoms with van der Waals surface area (Å²) in [6.07, 6.45) is -1.04. The van der Waals surface area contributed by atoms with Crippen molar-refractivity contribution in [3.8, 4) is 5.75 Å². The molecule has 1 fully saturated rings. The molecular weight excluding hydrogens is 415 g/mol. The van der Waals surface area contributed by atoms with Gasteiger partial charge in [-0.1, -0.05) is 30.0 Å². The summed E-state index contributed by atoms with van der Waals surface area (Å²) in [6.45, 7) is 7.14. The molecule has 0 radical (unpaired) electrons. The number of fused-ring (bicyclic) bond motifs is 1. The van der Waals surface area contributed by atoms with Gasteiger partial charge < -0.3 is 19.3 Å². The van der Waals surface area contributed by atoms with Crippen molar-refractivity contribution in [3.63, 3.8) is 0 Å². The summed E-state index contributed by atoms with van der Waals surface area (Å²) in [5.41, 5.74) is 0.334. The van der Waals surface area contributed by atoms with Gasteiger partial charge >= 0.3 is 6.09 Å². The largest absolute Gasteiger partial charge is 0.490 e. The van der Waals surface area contributed by atoms with Crippen LogP contribution in [0.25, 0.3) is 0 Å². The highest BCUT2D eigenvalue weighted by Gasteiger charge is 2.38. The topological polar surface area (TPSA) is 42.0 Å². The third kappa shape index (κ3) is 5.26. The van der Waals surface area contributed by atoms with Crippen LogP contribution in [0.1, 0.15) is 27.2 Å². The third-order valence-electron chi connectivity index (χ3n) is 5.37. The summed E-state index contributed by atoms with van der Waals surface area (Å²) in [5, 5.41) is 0. The fourth-order valence-electron chi connectivity index (χ4n) is 3.99. The van der Waals surface area contributed by atoms with Crippen molar-refractivity contribution in [1.82, 2.24) is 4.90 Å². The lowest BCUT2D eigenvalue weighted by Crippen LogP contribution is -2.56. The average molecular weight is 445 g/mol. The molecule has 5 nitrogen and oxygen atoms in total. The summed E-state index contributed by atoms with van der Waals surface area (Å²) < 4.78 is 26.5.